The average molecular weight is 237 g/mol. The molecule has 1 aromatic rings. The van der Waals surface area contributed by atoms with Crippen LogP contribution in [0, 0.1) is 0 Å². The Morgan fingerprint density at radius 1 is 1.35 bits per heavy atom. The molecule has 92 valence electrons. The molecule has 1 aromatic carbocycles. The minimum Gasteiger partial charge on any atom is -0.481 e. The number of rotatable bonds is 5. The molecule has 0 aliphatic rings. The molecule has 2 N–H and O–H groups in total. The minimum absolute atomic E-state index is 0.0104. The lowest BCUT2D eigenvalue weighted by atomic mass is 10.0. The third-order valence-electron chi connectivity index (χ3n) is 2.33. The second-order valence-corrected chi connectivity index (χ2v) is 3.53. The Bertz CT molecular complexity index is 377. The largest absolute Gasteiger partial charge is 0.481 e. The van der Waals surface area contributed by atoms with Gasteiger partial charge in [0.25, 0.3) is 0 Å². The molecule has 1 rings (SSSR count). The van der Waals surface area contributed by atoms with Gasteiger partial charge in [-0.15, -0.1) is 0 Å². The number of hydrogen-bond acceptors (Lipinski definition) is 3. The highest BCUT2D eigenvalue weighted by atomic mass is 16.5. The number of ether oxygens (including phenoxy) is 1. The van der Waals surface area contributed by atoms with E-state index in [0.29, 0.717) is 6.42 Å². The lowest BCUT2D eigenvalue weighted by Crippen LogP contribution is -2.28. The Balaban J connectivity index is 2.71. The maximum Gasteiger partial charge on any atom is 0.407 e. The summed E-state index contributed by atoms with van der Waals surface area (Å²) in [5.74, 6) is -0.891. The molecule has 1 atom stereocenters. The molecule has 0 aliphatic heterocycles. The van der Waals surface area contributed by atoms with E-state index in [1.165, 1.54) is 7.11 Å². The summed E-state index contributed by atoms with van der Waals surface area (Å²) in [5, 5.41) is 11.3. The summed E-state index contributed by atoms with van der Waals surface area (Å²) < 4.78 is 4.51. The van der Waals surface area contributed by atoms with Crippen LogP contribution < -0.4 is 5.32 Å². The molecule has 0 heterocycles. The van der Waals surface area contributed by atoms with Gasteiger partial charge in [0.05, 0.1) is 13.2 Å². The van der Waals surface area contributed by atoms with Crippen molar-refractivity contribution in [3.05, 3.63) is 35.9 Å². The van der Waals surface area contributed by atoms with Crippen LogP contribution in [-0.4, -0.2) is 24.3 Å². The van der Waals surface area contributed by atoms with Crippen LogP contribution in [0.3, 0.4) is 0 Å². The molecule has 1 unspecified atom stereocenters. The van der Waals surface area contributed by atoms with E-state index in [1.807, 2.05) is 30.3 Å². The Morgan fingerprint density at radius 2 is 2.00 bits per heavy atom. The van der Waals surface area contributed by atoms with Crippen LogP contribution in [0.15, 0.2) is 30.3 Å². The third-order valence-corrected chi connectivity index (χ3v) is 2.33. The fraction of sp³-hybridized carbons (Fsp3) is 0.333. The number of methoxy groups -OCH3 is 1. The number of hydrogen-bond donors (Lipinski definition) is 2. The van der Waals surface area contributed by atoms with Crippen LogP contribution in [-0.2, 0) is 9.53 Å². The highest BCUT2D eigenvalue weighted by Crippen LogP contribution is 2.18. The van der Waals surface area contributed by atoms with Gasteiger partial charge in [-0.25, -0.2) is 4.79 Å². The zero-order valence-electron chi connectivity index (χ0n) is 9.55. The summed E-state index contributed by atoms with van der Waals surface area (Å²) in [7, 11) is 1.27. The summed E-state index contributed by atoms with van der Waals surface area (Å²) in [4.78, 5) is 21.7. The van der Waals surface area contributed by atoms with Gasteiger partial charge >= 0.3 is 12.1 Å². The lowest BCUT2D eigenvalue weighted by molar-refractivity contribution is -0.137. The van der Waals surface area contributed by atoms with Gasteiger partial charge in [0.2, 0.25) is 0 Å². The van der Waals surface area contributed by atoms with Gasteiger partial charge < -0.3 is 15.2 Å². The van der Waals surface area contributed by atoms with Gasteiger partial charge in [0.1, 0.15) is 0 Å². The number of nitrogens with one attached hydrogen (secondary N) is 1. The second-order valence-electron chi connectivity index (χ2n) is 3.53. The van der Waals surface area contributed by atoms with Crippen molar-refractivity contribution < 1.29 is 19.4 Å². The van der Waals surface area contributed by atoms with Gasteiger partial charge in [0, 0.05) is 6.42 Å². The van der Waals surface area contributed by atoms with E-state index < -0.39 is 12.1 Å². The number of carbonyl (C=O) groups is 2. The number of carboxylic acids is 1. The number of amides is 1. The van der Waals surface area contributed by atoms with Gasteiger partial charge in [-0.3, -0.25) is 4.79 Å². The lowest BCUT2D eigenvalue weighted by Gasteiger charge is -2.17. The monoisotopic (exact) mass is 237 g/mol. The molecule has 5 heteroatoms. The van der Waals surface area contributed by atoms with E-state index in [4.69, 9.17) is 5.11 Å². The molecule has 0 aromatic heterocycles. The number of alkyl carbamates (subject to hydrolysis) is 1. The Kier molecular flexibility index (Phi) is 5.00. The SMILES string of the molecule is COC(=O)NC(CCC(=O)O)c1ccccc1. The molecule has 0 fully saturated rings. The maximum atomic E-state index is 11.2. The number of aliphatic carboxylic acids is 1. The summed E-state index contributed by atoms with van der Waals surface area (Å²) in [5.41, 5.74) is 0.860. The third kappa shape index (κ3) is 4.55. The molecule has 1 amide bonds. The highest BCUT2D eigenvalue weighted by molar-refractivity contribution is 5.69. The zero-order valence-corrected chi connectivity index (χ0v) is 9.55. The molecule has 5 nitrogen and oxygen atoms in total. The number of benzene rings is 1. The number of carboxylic acid groups (broad SMARTS) is 1. The van der Waals surface area contributed by atoms with Crippen molar-refractivity contribution >= 4 is 12.1 Å². The summed E-state index contributed by atoms with van der Waals surface area (Å²) in [6, 6.07) is 8.85. The number of carbonyl (C=O) groups excluding carboxylic acids is 1. The summed E-state index contributed by atoms with van der Waals surface area (Å²) in [6.07, 6.45) is -0.248. The fourth-order valence-electron chi connectivity index (χ4n) is 1.48. The predicted molar refractivity (Wildman–Crippen MR) is 61.6 cm³/mol. The second kappa shape index (κ2) is 6.52. The minimum atomic E-state index is -0.891. The highest BCUT2D eigenvalue weighted by Gasteiger charge is 2.15. The molecule has 0 spiro atoms. The maximum absolute atomic E-state index is 11.2. The zero-order chi connectivity index (χ0) is 12.7. The van der Waals surface area contributed by atoms with Crippen molar-refractivity contribution in [2.75, 3.05) is 7.11 Å². The molecule has 0 radical (unpaired) electrons. The average Bonchev–Trinajstić information content (AvgIpc) is 2.35. The molecule has 0 saturated carbocycles. The first-order chi connectivity index (χ1) is 8.13. The Morgan fingerprint density at radius 3 is 2.53 bits per heavy atom. The quantitative estimate of drug-likeness (QED) is 0.820. The van der Waals surface area contributed by atoms with Crippen molar-refractivity contribution in [3.8, 4) is 0 Å². The smallest absolute Gasteiger partial charge is 0.407 e. The van der Waals surface area contributed by atoms with Crippen LogP contribution in [0.2, 0.25) is 0 Å². The van der Waals surface area contributed by atoms with Crippen molar-refractivity contribution in [3.63, 3.8) is 0 Å². The normalized spacial score (nSPS) is 11.6. The van der Waals surface area contributed by atoms with Crippen molar-refractivity contribution in [1.82, 2.24) is 5.32 Å². The Hall–Kier alpha value is -2.04. The van der Waals surface area contributed by atoms with Crippen molar-refractivity contribution in [2.45, 2.75) is 18.9 Å². The van der Waals surface area contributed by atoms with Crippen LogP contribution in [0.25, 0.3) is 0 Å². The fourth-order valence-corrected chi connectivity index (χ4v) is 1.48. The standard InChI is InChI=1S/C12H15NO4/c1-17-12(16)13-10(7-8-11(14)15)9-5-3-2-4-6-9/h2-6,10H,7-8H2,1H3,(H,13,16)(H,14,15). The molecular weight excluding hydrogens is 222 g/mol. The van der Waals surface area contributed by atoms with Gasteiger partial charge in [-0.05, 0) is 12.0 Å². The van der Waals surface area contributed by atoms with E-state index in [1.54, 1.807) is 0 Å². The van der Waals surface area contributed by atoms with E-state index in [-0.39, 0.29) is 12.5 Å². The summed E-state index contributed by atoms with van der Waals surface area (Å²) >= 11 is 0. The van der Waals surface area contributed by atoms with Gasteiger partial charge in [-0.2, -0.15) is 0 Å². The van der Waals surface area contributed by atoms with Crippen LogP contribution in [0.1, 0.15) is 24.4 Å². The predicted octanol–water partition coefficient (Wildman–Crippen LogP) is 1.95. The van der Waals surface area contributed by atoms with E-state index in [2.05, 4.69) is 10.1 Å². The van der Waals surface area contributed by atoms with E-state index >= 15 is 0 Å². The van der Waals surface area contributed by atoms with Crippen LogP contribution >= 0.6 is 0 Å². The topological polar surface area (TPSA) is 75.6 Å². The first-order valence-electron chi connectivity index (χ1n) is 5.24. The van der Waals surface area contributed by atoms with E-state index in [9.17, 15) is 9.59 Å². The Labute approximate surface area is 99.4 Å². The first-order valence-corrected chi connectivity index (χ1v) is 5.24. The van der Waals surface area contributed by atoms with Crippen LogP contribution in [0.4, 0.5) is 4.79 Å². The molecule has 0 bridgehead atoms. The molecule has 0 saturated heterocycles. The van der Waals surface area contributed by atoms with Gasteiger partial charge in [0.15, 0.2) is 0 Å². The van der Waals surface area contributed by atoms with Gasteiger partial charge in [-0.1, -0.05) is 30.3 Å². The molecule has 17 heavy (non-hydrogen) atoms. The molecular formula is C12H15NO4. The van der Waals surface area contributed by atoms with Crippen LogP contribution in [0.5, 0.6) is 0 Å². The first kappa shape index (κ1) is 13.0. The summed E-state index contributed by atoms with van der Waals surface area (Å²) in [6.45, 7) is 0. The van der Waals surface area contributed by atoms with E-state index in [0.717, 1.165) is 5.56 Å². The molecule has 0 aliphatic carbocycles. The van der Waals surface area contributed by atoms with Crippen molar-refractivity contribution in [2.24, 2.45) is 0 Å². The van der Waals surface area contributed by atoms with Crippen molar-refractivity contribution in [1.29, 1.82) is 0 Å².